The highest BCUT2D eigenvalue weighted by Crippen LogP contribution is 2.36. The van der Waals surface area contributed by atoms with Crippen LogP contribution in [-0.4, -0.2) is 21.8 Å². The predicted molar refractivity (Wildman–Crippen MR) is 74.7 cm³/mol. The molecule has 9 heteroatoms. The van der Waals surface area contributed by atoms with E-state index in [1.807, 2.05) is 24.3 Å². The number of nitrogens with one attached hydrogen (secondary N) is 1. The van der Waals surface area contributed by atoms with E-state index in [1.165, 1.54) is 6.92 Å². The largest absolute Gasteiger partial charge is 0.527 e. The lowest BCUT2D eigenvalue weighted by atomic mass is 10.2. The van der Waals surface area contributed by atoms with Crippen LogP contribution < -0.4 is 5.48 Å². The van der Waals surface area contributed by atoms with Gasteiger partial charge in [0.05, 0.1) is 6.61 Å². The molecule has 1 aromatic rings. The molecule has 3 N–H and O–H groups in total. The molecule has 7 nitrogen and oxygen atoms in total. The standard InChI is InChI=1S/C10H13INO6P/c1-7(10(13)18-19(14,15)16)12-17-6-8-2-4-9(11)5-3-8/h2-5,7,12H,6H2,1H3,(H2,14,15,16)/t7-/m0/s1. The van der Waals surface area contributed by atoms with Crippen LogP contribution >= 0.6 is 30.4 Å². The van der Waals surface area contributed by atoms with E-state index in [2.05, 4.69) is 32.6 Å². The zero-order valence-electron chi connectivity index (χ0n) is 9.95. The van der Waals surface area contributed by atoms with E-state index < -0.39 is 19.8 Å². The SMILES string of the molecule is C[C@H](NOCc1ccc(I)cc1)C(=O)OP(=O)(O)O. The van der Waals surface area contributed by atoms with Crippen LogP contribution in [0.25, 0.3) is 0 Å². The molecule has 19 heavy (non-hydrogen) atoms. The summed E-state index contributed by atoms with van der Waals surface area (Å²) in [5, 5.41) is 0. The average Bonchev–Trinajstić information content (AvgIpc) is 2.29. The fourth-order valence-electron chi connectivity index (χ4n) is 1.08. The lowest BCUT2D eigenvalue weighted by Crippen LogP contribution is -2.34. The molecule has 0 aromatic heterocycles. The minimum absolute atomic E-state index is 0.213. The molecule has 0 heterocycles. The average molecular weight is 401 g/mol. The molecule has 106 valence electrons. The van der Waals surface area contributed by atoms with Crippen molar-refractivity contribution >= 4 is 36.4 Å². The van der Waals surface area contributed by atoms with E-state index in [0.29, 0.717) is 0 Å². The Morgan fingerprint density at radius 2 is 2.00 bits per heavy atom. The molecule has 0 spiro atoms. The molecule has 1 rings (SSSR count). The van der Waals surface area contributed by atoms with Crippen LogP contribution in [-0.2, 0) is 25.3 Å². The van der Waals surface area contributed by atoms with Gasteiger partial charge in [0, 0.05) is 3.57 Å². The fraction of sp³-hybridized carbons (Fsp3) is 0.300. The van der Waals surface area contributed by atoms with E-state index >= 15 is 0 Å². The van der Waals surface area contributed by atoms with Crippen molar-refractivity contribution in [2.45, 2.75) is 19.6 Å². The van der Waals surface area contributed by atoms with Gasteiger partial charge in [-0.1, -0.05) is 12.1 Å². The maximum atomic E-state index is 11.2. The van der Waals surface area contributed by atoms with Crippen molar-refractivity contribution in [3.63, 3.8) is 0 Å². The Bertz CT molecular complexity index is 473. The molecule has 0 amide bonds. The van der Waals surface area contributed by atoms with Crippen LogP contribution in [0.1, 0.15) is 12.5 Å². The third-order valence-corrected chi connectivity index (χ3v) is 3.11. The molecule has 0 bridgehead atoms. The summed E-state index contributed by atoms with van der Waals surface area (Å²) in [4.78, 5) is 33.2. The van der Waals surface area contributed by atoms with E-state index in [0.717, 1.165) is 9.13 Å². The van der Waals surface area contributed by atoms with Gasteiger partial charge in [-0.3, -0.25) is 14.6 Å². The Kier molecular flexibility index (Phi) is 6.37. The molecule has 1 aromatic carbocycles. The molecule has 0 aliphatic heterocycles. The number of phosphoric ester groups is 1. The summed E-state index contributed by atoms with van der Waals surface area (Å²) in [6.45, 7) is 1.58. The number of hydroxylamine groups is 1. The van der Waals surface area contributed by atoms with E-state index in [1.54, 1.807) is 0 Å². The fourth-order valence-corrected chi connectivity index (χ4v) is 1.83. The van der Waals surface area contributed by atoms with Gasteiger partial charge in [-0.25, -0.2) is 9.36 Å². The third-order valence-electron chi connectivity index (χ3n) is 1.97. The highest BCUT2D eigenvalue weighted by atomic mass is 127. The number of hydrogen-bond donors (Lipinski definition) is 3. The van der Waals surface area contributed by atoms with Crippen molar-refractivity contribution in [2.75, 3.05) is 0 Å². The first-order valence-corrected chi connectivity index (χ1v) is 7.79. The lowest BCUT2D eigenvalue weighted by Gasteiger charge is -2.13. The monoisotopic (exact) mass is 401 g/mol. The molecule has 0 saturated heterocycles. The maximum absolute atomic E-state index is 11.2. The first-order valence-electron chi connectivity index (χ1n) is 5.18. The smallest absolute Gasteiger partial charge is 0.369 e. The van der Waals surface area contributed by atoms with Crippen LogP contribution in [0.2, 0.25) is 0 Å². The Hall–Kier alpha value is -0.510. The summed E-state index contributed by atoms with van der Waals surface area (Å²) in [5.41, 5.74) is 3.24. The van der Waals surface area contributed by atoms with Crippen molar-refractivity contribution in [3.05, 3.63) is 33.4 Å². The molecular weight excluding hydrogens is 388 g/mol. The molecular formula is C10H13INO6P. The normalized spacial score (nSPS) is 13.1. The second-order valence-corrected chi connectivity index (χ2v) is 6.06. The van der Waals surface area contributed by atoms with E-state index in [-0.39, 0.29) is 6.61 Å². The Morgan fingerprint density at radius 3 is 2.53 bits per heavy atom. The van der Waals surface area contributed by atoms with E-state index in [9.17, 15) is 9.36 Å². The predicted octanol–water partition coefficient (Wildman–Crippen LogP) is 1.34. The first-order chi connectivity index (χ1) is 8.78. The molecule has 1 atom stereocenters. The van der Waals surface area contributed by atoms with Crippen molar-refractivity contribution in [2.24, 2.45) is 0 Å². The van der Waals surface area contributed by atoms with Gasteiger partial charge in [0.1, 0.15) is 6.04 Å². The number of carbonyl (C=O) groups excluding carboxylic acids is 1. The highest BCUT2D eigenvalue weighted by Gasteiger charge is 2.24. The first kappa shape index (κ1) is 16.5. The number of benzene rings is 1. The number of halogens is 1. The Balaban J connectivity index is 2.34. The van der Waals surface area contributed by atoms with Gasteiger partial charge in [0.25, 0.3) is 0 Å². The van der Waals surface area contributed by atoms with Gasteiger partial charge in [-0.2, -0.15) is 5.48 Å². The van der Waals surface area contributed by atoms with Gasteiger partial charge in [0.15, 0.2) is 0 Å². The highest BCUT2D eigenvalue weighted by molar-refractivity contribution is 14.1. The quantitative estimate of drug-likeness (QED) is 0.375. The Labute approximate surface area is 123 Å². The number of hydrogen-bond acceptors (Lipinski definition) is 5. The maximum Gasteiger partial charge on any atom is 0.527 e. The molecule has 0 saturated carbocycles. The minimum Gasteiger partial charge on any atom is -0.369 e. The number of carbonyl (C=O) groups is 1. The zero-order valence-corrected chi connectivity index (χ0v) is 13.0. The van der Waals surface area contributed by atoms with Gasteiger partial charge in [0.2, 0.25) is 0 Å². The van der Waals surface area contributed by atoms with Crippen LogP contribution in [0.5, 0.6) is 0 Å². The topological polar surface area (TPSA) is 105 Å². The molecule has 0 fully saturated rings. The van der Waals surface area contributed by atoms with Crippen molar-refractivity contribution < 1.29 is 28.5 Å². The lowest BCUT2D eigenvalue weighted by molar-refractivity contribution is -0.142. The second kappa shape index (κ2) is 7.32. The number of rotatable bonds is 6. The molecule has 0 radical (unpaired) electrons. The summed E-state index contributed by atoms with van der Waals surface area (Å²) in [6, 6.07) is 6.55. The Morgan fingerprint density at radius 1 is 1.42 bits per heavy atom. The van der Waals surface area contributed by atoms with Crippen LogP contribution in [0.15, 0.2) is 24.3 Å². The third kappa shape index (κ3) is 7.00. The van der Waals surface area contributed by atoms with Gasteiger partial charge < -0.3 is 4.52 Å². The summed E-state index contributed by atoms with van der Waals surface area (Å²) >= 11 is 2.17. The number of phosphoric acid groups is 1. The van der Waals surface area contributed by atoms with Crippen LogP contribution in [0.3, 0.4) is 0 Å². The molecule has 0 aliphatic rings. The summed E-state index contributed by atoms with van der Waals surface area (Å²) in [7, 11) is -4.82. The summed E-state index contributed by atoms with van der Waals surface area (Å²) < 4.78 is 15.4. The van der Waals surface area contributed by atoms with Crippen molar-refractivity contribution in [1.29, 1.82) is 0 Å². The van der Waals surface area contributed by atoms with Crippen molar-refractivity contribution in [3.8, 4) is 0 Å². The second-order valence-electron chi connectivity index (χ2n) is 3.66. The van der Waals surface area contributed by atoms with Gasteiger partial charge in [-0.05, 0) is 47.2 Å². The van der Waals surface area contributed by atoms with Crippen LogP contribution in [0, 0.1) is 3.57 Å². The van der Waals surface area contributed by atoms with E-state index in [4.69, 9.17) is 14.6 Å². The molecule has 0 aliphatic carbocycles. The van der Waals surface area contributed by atoms with Crippen molar-refractivity contribution in [1.82, 2.24) is 5.48 Å². The van der Waals surface area contributed by atoms with Gasteiger partial charge >= 0.3 is 13.8 Å². The zero-order chi connectivity index (χ0) is 14.5. The summed E-state index contributed by atoms with van der Waals surface area (Å²) in [6.07, 6.45) is 0. The van der Waals surface area contributed by atoms with Gasteiger partial charge in [-0.15, -0.1) is 0 Å². The molecule has 0 unspecified atom stereocenters. The minimum atomic E-state index is -4.82. The van der Waals surface area contributed by atoms with Crippen LogP contribution in [0.4, 0.5) is 0 Å². The summed E-state index contributed by atoms with van der Waals surface area (Å²) in [5.74, 6) is -1.09.